The number of urea groups is 1. The number of aromatic amines is 1. The Hall–Kier alpha value is -2.01. The van der Waals surface area contributed by atoms with Crippen LogP contribution < -0.4 is 11.1 Å². The third-order valence-corrected chi connectivity index (χ3v) is 4.14. The number of rotatable bonds is 2. The Morgan fingerprint density at radius 2 is 2.15 bits per heavy atom. The molecule has 5 nitrogen and oxygen atoms in total. The predicted octanol–water partition coefficient (Wildman–Crippen LogP) is 2.47. The number of anilines is 1. The molecule has 0 bridgehead atoms. The Morgan fingerprint density at radius 3 is 2.85 bits per heavy atom. The number of fused-ring (bicyclic) bond motifs is 1. The molecule has 1 saturated heterocycles. The molecule has 0 spiro atoms. The number of hydrogen-bond donors (Lipinski definition) is 3. The second-order valence-corrected chi connectivity index (χ2v) is 5.57. The van der Waals surface area contributed by atoms with Crippen molar-refractivity contribution in [1.29, 1.82) is 0 Å². The van der Waals surface area contributed by atoms with Gasteiger partial charge in [-0.2, -0.15) is 0 Å². The van der Waals surface area contributed by atoms with E-state index in [1.165, 1.54) is 23.8 Å². The summed E-state index contributed by atoms with van der Waals surface area (Å²) >= 11 is 0. The van der Waals surface area contributed by atoms with Gasteiger partial charge in [-0.25, -0.2) is 4.79 Å². The van der Waals surface area contributed by atoms with Crippen molar-refractivity contribution < 1.29 is 4.79 Å². The quantitative estimate of drug-likeness (QED) is 0.785. The van der Waals surface area contributed by atoms with E-state index in [9.17, 15) is 4.79 Å². The van der Waals surface area contributed by atoms with Crippen LogP contribution in [-0.4, -0.2) is 36.1 Å². The summed E-state index contributed by atoms with van der Waals surface area (Å²) in [4.78, 5) is 16.6. The average Bonchev–Trinajstić information content (AvgIpc) is 2.82. The molecule has 1 aliphatic rings. The van der Waals surface area contributed by atoms with Crippen LogP contribution in [0.5, 0.6) is 0 Å². The number of nitrogens with two attached hydrogens (primary N) is 1. The third kappa shape index (κ3) is 2.49. The van der Waals surface area contributed by atoms with Gasteiger partial charge in [0.05, 0.1) is 0 Å². The highest BCUT2D eigenvalue weighted by atomic mass is 16.2. The molecular weight excluding hydrogens is 252 g/mol. The Kier molecular flexibility index (Phi) is 3.36. The average molecular weight is 272 g/mol. The van der Waals surface area contributed by atoms with Crippen LogP contribution in [0.25, 0.3) is 10.9 Å². The van der Waals surface area contributed by atoms with E-state index in [1.807, 2.05) is 18.2 Å². The summed E-state index contributed by atoms with van der Waals surface area (Å²) in [5, 5.41) is 3.83. The molecule has 1 aromatic heterocycles. The number of carbonyl (C=O) groups is 1. The number of amides is 2. The molecule has 1 aliphatic heterocycles. The summed E-state index contributed by atoms with van der Waals surface area (Å²) in [6.45, 7) is 2.27. The maximum absolute atomic E-state index is 11.0. The number of piperidine rings is 1. The van der Waals surface area contributed by atoms with Crippen LogP contribution >= 0.6 is 0 Å². The number of benzene rings is 1. The van der Waals surface area contributed by atoms with Gasteiger partial charge in [-0.1, -0.05) is 0 Å². The van der Waals surface area contributed by atoms with Crippen LogP contribution in [0.4, 0.5) is 10.5 Å². The largest absolute Gasteiger partial charge is 0.361 e. The van der Waals surface area contributed by atoms with Crippen molar-refractivity contribution in [2.24, 2.45) is 5.73 Å². The Bertz CT molecular complexity index is 626. The molecule has 0 radical (unpaired) electrons. The zero-order valence-corrected chi connectivity index (χ0v) is 11.6. The monoisotopic (exact) mass is 272 g/mol. The number of hydrogen-bond acceptors (Lipinski definition) is 2. The van der Waals surface area contributed by atoms with Crippen LogP contribution in [0.1, 0.15) is 24.3 Å². The van der Waals surface area contributed by atoms with E-state index in [-0.39, 0.29) is 0 Å². The fourth-order valence-corrected chi connectivity index (χ4v) is 3.02. The van der Waals surface area contributed by atoms with Crippen molar-refractivity contribution in [3.05, 3.63) is 30.0 Å². The lowest BCUT2D eigenvalue weighted by Gasteiger charge is -2.28. The van der Waals surface area contributed by atoms with Crippen molar-refractivity contribution in [2.75, 3.05) is 25.5 Å². The topological polar surface area (TPSA) is 74.2 Å². The van der Waals surface area contributed by atoms with Gasteiger partial charge >= 0.3 is 6.03 Å². The molecule has 1 fully saturated rings. The van der Waals surface area contributed by atoms with Gasteiger partial charge < -0.3 is 20.9 Å². The lowest BCUT2D eigenvalue weighted by molar-refractivity contribution is 0.256. The van der Waals surface area contributed by atoms with Crippen molar-refractivity contribution in [2.45, 2.75) is 18.8 Å². The summed E-state index contributed by atoms with van der Waals surface area (Å²) in [5.41, 5.74) is 8.38. The molecule has 2 amide bonds. The Morgan fingerprint density at radius 1 is 1.40 bits per heavy atom. The summed E-state index contributed by atoms with van der Waals surface area (Å²) < 4.78 is 0. The lowest BCUT2D eigenvalue weighted by atomic mass is 9.89. The zero-order chi connectivity index (χ0) is 14.1. The fourth-order valence-electron chi connectivity index (χ4n) is 3.02. The zero-order valence-electron chi connectivity index (χ0n) is 11.6. The van der Waals surface area contributed by atoms with Gasteiger partial charge in [0.2, 0.25) is 0 Å². The van der Waals surface area contributed by atoms with Crippen LogP contribution in [0, 0.1) is 0 Å². The molecule has 4 N–H and O–H groups in total. The normalized spacial score (nSPS) is 17.4. The summed E-state index contributed by atoms with van der Waals surface area (Å²) in [6, 6.07) is 5.33. The molecule has 0 atom stereocenters. The van der Waals surface area contributed by atoms with E-state index in [1.54, 1.807) is 0 Å². The first-order chi connectivity index (χ1) is 9.63. The van der Waals surface area contributed by atoms with E-state index in [2.05, 4.69) is 28.4 Å². The minimum atomic E-state index is -0.527. The highest BCUT2D eigenvalue weighted by molar-refractivity contribution is 5.93. The molecule has 5 heteroatoms. The number of carbonyl (C=O) groups excluding carboxylic acids is 1. The number of aromatic nitrogens is 1. The highest BCUT2D eigenvalue weighted by Gasteiger charge is 2.21. The first kappa shape index (κ1) is 13.0. The van der Waals surface area contributed by atoms with Crippen molar-refractivity contribution in [1.82, 2.24) is 9.88 Å². The van der Waals surface area contributed by atoms with E-state index >= 15 is 0 Å². The van der Waals surface area contributed by atoms with Crippen molar-refractivity contribution in [3.63, 3.8) is 0 Å². The molecule has 2 aromatic rings. The third-order valence-electron chi connectivity index (χ3n) is 4.14. The first-order valence-electron chi connectivity index (χ1n) is 6.99. The molecule has 106 valence electrons. The summed E-state index contributed by atoms with van der Waals surface area (Å²) in [5.74, 6) is 0.587. The number of H-pyrrole nitrogens is 1. The van der Waals surface area contributed by atoms with Crippen LogP contribution in [-0.2, 0) is 0 Å². The SMILES string of the molecule is CN1CCC(c2c[nH]c3ccc(NC(N)=O)cc23)CC1. The van der Waals surface area contributed by atoms with Gasteiger partial charge in [-0.3, -0.25) is 0 Å². The van der Waals surface area contributed by atoms with Crippen LogP contribution in [0.3, 0.4) is 0 Å². The molecule has 1 aromatic carbocycles. The second-order valence-electron chi connectivity index (χ2n) is 5.57. The maximum atomic E-state index is 11.0. The molecular formula is C15H20N4O. The summed E-state index contributed by atoms with van der Waals surface area (Å²) in [7, 11) is 2.17. The van der Waals surface area contributed by atoms with Crippen molar-refractivity contribution >= 4 is 22.6 Å². The highest BCUT2D eigenvalue weighted by Crippen LogP contribution is 2.33. The number of likely N-dealkylation sites (tertiary alicyclic amines) is 1. The van der Waals surface area contributed by atoms with E-state index in [0.29, 0.717) is 5.92 Å². The van der Waals surface area contributed by atoms with Gasteiger partial charge in [0, 0.05) is 22.8 Å². The smallest absolute Gasteiger partial charge is 0.316 e. The number of primary amides is 1. The fraction of sp³-hybridized carbons (Fsp3) is 0.400. The van der Waals surface area contributed by atoms with Gasteiger partial charge in [0.25, 0.3) is 0 Å². The Labute approximate surface area is 118 Å². The molecule has 0 unspecified atom stereocenters. The number of nitrogens with one attached hydrogen (secondary N) is 2. The number of nitrogens with zero attached hydrogens (tertiary/aromatic N) is 1. The van der Waals surface area contributed by atoms with Crippen LogP contribution in [0.2, 0.25) is 0 Å². The standard InChI is InChI=1S/C15H20N4O/c1-19-6-4-10(5-7-19)13-9-17-14-3-2-11(8-12(13)14)18-15(16)20/h2-3,8-10,17H,4-7H2,1H3,(H3,16,18,20). The molecule has 0 aliphatic carbocycles. The van der Waals surface area contributed by atoms with Crippen LogP contribution in [0.15, 0.2) is 24.4 Å². The van der Waals surface area contributed by atoms with E-state index in [0.717, 1.165) is 24.3 Å². The minimum absolute atomic E-state index is 0.527. The van der Waals surface area contributed by atoms with Gasteiger partial charge in [-0.05, 0) is 62.7 Å². The van der Waals surface area contributed by atoms with Gasteiger partial charge in [0.15, 0.2) is 0 Å². The first-order valence-corrected chi connectivity index (χ1v) is 6.99. The summed E-state index contributed by atoms with van der Waals surface area (Å²) in [6.07, 6.45) is 4.46. The lowest BCUT2D eigenvalue weighted by Crippen LogP contribution is -2.29. The predicted molar refractivity (Wildman–Crippen MR) is 81.0 cm³/mol. The van der Waals surface area contributed by atoms with Crippen molar-refractivity contribution in [3.8, 4) is 0 Å². The molecule has 20 heavy (non-hydrogen) atoms. The van der Waals surface area contributed by atoms with E-state index in [4.69, 9.17) is 5.73 Å². The van der Waals surface area contributed by atoms with E-state index < -0.39 is 6.03 Å². The molecule has 0 saturated carbocycles. The van der Waals surface area contributed by atoms with Gasteiger partial charge in [-0.15, -0.1) is 0 Å². The second kappa shape index (κ2) is 5.17. The van der Waals surface area contributed by atoms with Gasteiger partial charge in [0.1, 0.15) is 0 Å². The minimum Gasteiger partial charge on any atom is -0.361 e. The molecule has 3 rings (SSSR count). The maximum Gasteiger partial charge on any atom is 0.316 e. The molecule has 2 heterocycles. The Balaban J connectivity index is 1.92.